The van der Waals surface area contributed by atoms with Gasteiger partial charge in [-0.2, -0.15) is 0 Å². The van der Waals surface area contributed by atoms with E-state index >= 15 is 0 Å². The maximum absolute atomic E-state index is 3.65. The number of nitrogens with one attached hydrogen (secondary N) is 1. The molecule has 2 aliphatic rings. The highest BCUT2D eigenvalue weighted by Crippen LogP contribution is 2.36. The Balaban J connectivity index is 1.73. The van der Waals surface area contributed by atoms with Gasteiger partial charge in [-0.25, -0.2) is 0 Å². The molecule has 3 unspecified atom stereocenters. The molecule has 0 aliphatic carbocycles. The number of fused-ring (bicyclic) bond motifs is 1. The lowest BCUT2D eigenvalue weighted by Gasteiger charge is -2.26. The summed E-state index contributed by atoms with van der Waals surface area (Å²) < 4.78 is 1.28. The first-order chi connectivity index (χ1) is 8.29. The summed E-state index contributed by atoms with van der Waals surface area (Å²) in [6, 6.07) is 2.95. The van der Waals surface area contributed by atoms with E-state index < -0.39 is 0 Å². The first-order valence-electron chi connectivity index (χ1n) is 6.46. The van der Waals surface area contributed by atoms with Crippen molar-refractivity contribution in [3.63, 3.8) is 0 Å². The van der Waals surface area contributed by atoms with E-state index in [1.807, 2.05) is 11.3 Å². The molecule has 4 heteroatoms. The molecular weight excluding hydrogens is 296 g/mol. The van der Waals surface area contributed by atoms with Gasteiger partial charge in [0.05, 0.1) is 0 Å². The Morgan fingerprint density at radius 3 is 3.12 bits per heavy atom. The van der Waals surface area contributed by atoms with Crippen LogP contribution in [0.5, 0.6) is 0 Å². The molecule has 3 rings (SSSR count). The molecule has 2 nitrogen and oxygen atoms in total. The Hall–Kier alpha value is 0.100. The van der Waals surface area contributed by atoms with Crippen LogP contribution < -0.4 is 5.32 Å². The van der Waals surface area contributed by atoms with Crippen LogP contribution in [0.15, 0.2) is 15.9 Å². The number of likely N-dealkylation sites (tertiary alicyclic amines) is 1. The summed E-state index contributed by atoms with van der Waals surface area (Å²) in [6.07, 6.45) is 1.28. The predicted octanol–water partition coefficient (Wildman–Crippen LogP) is 2.94. The summed E-state index contributed by atoms with van der Waals surface area (Å²) in [5, 5.41) is 5.73. The van der Waals surface area contributed by atoms with Gasteiger partial charge in [0.15, 0.2) is 0 Å². The molecule has 3 atom stereocenters. The lowest BCUT2D eigenvalue weighted by atomic mass is 9.93. The molecule has 2 saturated heterocycles. The Labute approximate surface area is 116 Å². The molecule has 1 aromatic rings. The van der Waals surface area contributed by atoms with Gasteiger partial charge in [0.25, 0.3) is 0 Å². The normalized spacial score (nSPS) is 33.2. The van der Waals surface area contributed by atoms with Gasteiger partial charge < -0.3 is 5.32 Å². The van der Waals surface area contributed by atoms with Gasteiger partial charge in [-0.05, 0) is 58.7 Å². The molecule has 2 fully saturated rings. The monoisotopic (exact) mass is 314 g/mol. The maximum Gasteiger partial charge on any atom is 0.0342 e. The summed E-state index contributed by atoms with van der Waals surface area (Å²) in [7, 11) is 0. The topological polar surface area (TPSA) is 15.3 Å². The maximum atomic E-state index is 3.65. The minimum Gasteiger partial charge on any atom is -0.316 e. The second-order valence-electron chi connectivity index (χ2n) is 5.18. The Bertz CT molecular complexity index is 393. The van der Waals surface area contributed by atoms with Crippen molar-refractivity contribution >= 4 is 27.3 Å². The van der Waals surface area contributed by atoms with Gasteiger partial charge >= 0.3 is 0 Å². The summed E-state index contributed by atoms with van der Waals surface area (Å²) in [5.41, 5.74) is 0. The molecular formula is C13H19BrN2S. The van der Waals surface area contributed by atoms with Crippen LogP contribution in [-0.4, -0.2) is 30.6 Å². The van der Waals surface area contributed by atoms with Crippen molar-refractivity contribution in [2.24, 2.45) is 11.8 Å². The van der Waals surface area contributed by atoms with Crippen molar-refractivity contribution in [1.29, 1.82) is 0 Å². The molecule has 0 bridgehead atoms. The first kappa shape index (κ1) is 12.2. The highest BCUT2D eigenvalue weighted by atomic mass is 79.9. The fraction of sp³-hybridized carbons (Fsp3) is 0.692. The lowest BCUT2D eigenvalue weighted by molar-refractivity contribution is 0.212. The van der Waals surface area contributed by atoms with E-state index in [-0.39, 0.29) is 0 Å². The van der Waals surface area contributed by atoms with E-state index in [9.17, 15) is 0 Å². The van der Waals surface area contributed by atoms with E-state index in [1.54, 1.807) is 0 Å². The number of hydrogen-bond donors (Lipinski definition) is 1. The molecule has 1 aromatic heterocycles. The fourth-order valence-electron chi connectivity index (χ4n) is 3.48. The van der Waals surface area contributed by atoms with E-state index in [4.69, 9.17) is 0 Å². The molecule has 0 radical (unpaired) electrons. The van der Waals surface area contributed by atoms with E-state index in [1.165, 1.54) is 35.4 Å². The Kier molecular flexibility index (Phi) is 3.57. The Morgan fingerprint density at radius 1 is 1.53 bits per heavy atom. The second-order valence-corrected chi connectivity index (χ2v) is 7.03. The van der Waals surface area contributed by atoms with Crippen LogP contribution in [0.1, 0.15) is 18.2 Å². The third-order valence-corrected chi connectivity index (χ3v) is 6.19. The van der Waals surface area contributed by atoms with E-state index in [0.717, 1.165) is 24.4 Å². The molecule has 1 N–H and O–H groups in total. The lowest BCUT2D eigenvalue weighted by Crippen LogP contribution is -2.34. The zero-order valence-electron chi connectivity index (χ0n) is 10.2. The van der Waals surface area contributed by atoms with Crippen molar-refractivity contribution in [2.75, 3.05) is 19.6 Å². The van der Waals surface area contributed by atoms with Crippen LogP contribution in [0.25, 0.3) is 0 Å². The van der Waals surface area contributed by atoms with Crippen LogP contribution in [0, 0.1) is 11.8 Å². The third kappa shape index (κ3) is 2.21. The van der Waals surface area contributed by atoms with Crippen LogP contribution in [0.2, 0.25) is 0 Å². The van der Waals surface area contributed by atoms with Crippen molar-refractivity contribution in [2.45, 2.75) is 25.9 Å². The fourth-order valence-corrected chi connectivity index (χ4v) is 4.98. The highest BCUT2D eigenvalue weighted by molar-refractivity contribution is 9.10. The molecule has 0 saturated carbocycles. The standard InChI is InChI=1S/C13H19BrN2S/c1-2-12-10-6-15-5-9(10)7-16(12)8-13-11(14)3-4-17-13/h3-4,9-10,12,15H,2,5-8H2,1H3. The minimum atomic E-state index is 0.781. The highest BCUT2D eigenvalue weighted by Gasteiger charge is 2.42. The minimum absolute atomic E-state index is 0.781. The van der Waals surface area contributed by atoms with E-state index in [0.29, 0.717) is 0 Å². The predicted molar refractivity (Wildman–Crippen MR) is 76.4 cm³/mol. The molecule has 0 spiro atoms. The van der Waals surface area contributed by atoms with Crippen molar-refractivity contribution < 1.29 is 0 Å². The summed E-state index contributed by atoms with van der Waals surface area (Å²) in [5.74, 6) is 1.78. The first-order valence-corrected chi connectivity index (χ1v) is 8.13. The van der Waals surface area contributed by atoms with Crippen molar-refractivity contribution in [1.82, 2.24) is 10.2 Å². The van der Waals surface area contributed by atoms with Gasteiger partial charge in [-0.1, -0.05) is 6.92 Å². The third-order valence-electron chi connectivity index (χ3n) is 4.28. The zero-order chi connectivity index (χ0) is 11.8. The van der Waals surface area contributed by atoms with Crippen LogP contribution in [0.3, 0.4) is 0 Å². The summed E-state index contributed by atoms with van der Waals surface area (Å²) >= 11 is 5.52. The number of halogens is 1. The molecule has 0 amide bonds. The molecule has 17 heavy (non-hydrogen) atoms. The van der Waals surface area contributed by atoms with Gasteiger partial charge in [0, 0.05) is 28.5 Å². The molecule has 2 aliphatic heterocycles. The van der Waals surface area contributed by atoms with Crippen LogP contribution >= 0.6 is 27.3 Å². The summed E-state index contributed by atoms with van der Waals surface area (Å²) in [6.45, 7) is 7.20. The van der Waals surface area contributed by atoms with Crippen LogP contribution in [0.4, 0.5) is 0 Å². The van der Waals surface area contributed by atoms with Gasteiger partial charge in [0.1, 0.15) is 0 Å². The molecule has 94 valence electrons. The van der Waals surface area contributed by atoms with E-state index in [2.05, 4.69) is 44.5 Å². The molecule has 0 aromatic carbocycles. The largest absolute Gasteiger partial charge is 0.316 e. The van der Waals surface area contributed by atoms with Gasteiger partial charge in [-0.3, -0.25) is 4.90 Å². The number of thiophene rings is 1. The Morgan fingerprint density at radius 2 is 2.41 bits per heavy atom. The SMILES string of the molecule is CCC1C2CNCC2CN1Cc1sccc1Br. The smallest absolute Gasteiger partial charge is 0.0342 e. The average molecular weight is 315 g/mol. The van der Waals surface area contributed by atoms with Crippen LogP contribution in [-0.2, 0) is 6.54 Å². The van der Waals surface area contributed by atoms with Crippen molar-refractivity contribution in [3.05, 3.63) is 20.8 Å². The number of nitrogens with zero attached hydrogens (tertiary/aromatic N) is 1. The zero-order valence-corrected chi connectivity index (χ0v) is 12.6. The number of rotatable bonds is 3. The summed E-state index contributed by atoms with van der Waals surface area (Å²) in [4.78, 5) is 4.18. The van der Waals surface area contributed by atoms with Gasteiger partial charge in [0.2, 0.25) is 0 Å². The van der Waals surface area contributed by atoms with Gasteiger partial charge in [-0.15, -0.1) is 11.3 Å². The number of hydrogen-bond acceptors (Lipinski definition) is 3. The average Bonchev–Trinajstić information content (AvgIpc) is 2.96. The molecule has 3 heterocycles. The quantitative estimate of drug-likeness (QED) is 0.922. The van der Waals surface area contributed by atoms with Crippen molar-refractivity contribution in [3.8, 4) is 0 Å². The second kappa shape index (κ2) is 5.00.